The van der Waals surface area contributed by atoms with Crippen molar-refractivity contribution < 1.29 is 4.74 Å². The molecule has 17 heavy (non-hydrogen) atoms. The molecule has 3 heteroatoms. The molecule has 0 N–H and O–H groups in total. The van der Waals surface area contributed by atoms with Gasteiger partial charge in [-0.3, -0.25) is 0 Å². The summed E-state index contributed by atoms with van der Waals surface area (Å²) >= 11 is 0. The van der Waals surface area contributed by atoms with Gasteiger partial charge in [0.1, 0.15) is 11.8 Å². The zero-order valence-corrected chi connectivity index (χ0v) is 10.3. The second-order valence-electron chi connectivity index (χ2n) is 4.40. The number of anilines is 1. The monoisotopic (exact) mass is 230 g/mol. The van der Waals surface area contributed by atoms with Gasteiger partial charge in [-0.1, -0.05) is 12.8 Å². The molecule has 0 amide bonds. The zero-order valence-electron chi connectivity index (χ0n) is 10.3. The lowest BCUT2D eigenvalue weighted by atomic mass is 10.2. The topological polar surface area (TPSA) is 36.3 Å². The Balaban J connectivity index is 2.23. The van der Waals surface area contributed by atoms with Gasteiger partial charge in [0.2, 0.25) is 0 Å². The van der Waals surface area contributed by atoms with Crippen LogP contribution in [0.15, 0.2) is 18.2 Å². The third kappa shape index (κ3) is 2.71. The number of ether oxygens (including phenoxy) is 1. The highest BCUT2D eigenvalue weighted by Gasteiger charge is 2.12. The minimum absolute atomic E-state index is 0.603. The van der Waals surface area contributed by atoms with Crippen molar-refractivity contribution in [2.24, 2.45) is 0 Å². The van der Waals surface area contributed by atoms with Gasteiger partial charge in [-0.05, 0) is 25.0 Å². The van der Waals surface area contributed by atoms with E-state index in [1.165, 1.54) is 31.4 Å². The smallest absolute Gasteiger partial charge is 0.138 e. The molecule has 0 spiro atoms. The zero-order chi connectivity index (χ0) is 12.1. The Hall–Kier alpha value is -1.69. The van der Waals surface area contributed by atoms with Crippen LogP contribution in [0.4, 0.5) is 5.69 Å². The summed E-state index contributed by atoms with van der Waals surface area (Å²) < 4.78 is 5.25. The predicted octanol–water partition coefficient (Wildman–Crippen LogP) is 2.95. The van der Waals surface area contributed by atoms with Crippen molar-refractivity contribution in [1.29, 1.82) is 5.26 Å². The number of benzene rings is 1. The highest BCUT2D eigenvalue weighted by molar-refractivity contribution is 5.57. The third-order valence-corrected chi connectivity index (χ3v) is 3.28. The summed E-state index contributed by atoms with van der Waals surface area (Å²) in [6, 6.07) is 7.99. The van der Waals surface area contributed by atoms with E-state index < -0.39 is 0 Å². The van der Waals surface area contributed by atoms with E-state index in [0.29, 0.717) is 11.3 Å². The van der Waals surface area contributed by atoms with Gasteiger partial charge in [-0.25, -0.2) is 0 Å². The van der Waals surface area contributed by atoms with Crippen molar-refractivity contribution in [3.8, 4) is 11.8 Å². The number of nitrogens with zero attached hydrogens (tertiary/aromatic N) is 2. The van der Waals surface area contributed by atoms with Gasteiger partial charge in [0.15, 0.2) is 0 Å². The summed E-state index contributed by atoms with van der Waals surface area (Å²) in [6.07, 6.45) is 5.15. The SMILES string of the molecule is COc1cc(N2CCCCCC2)ccc1C#N. The molecule has 2 rings (SSSR count). The van der Waals surface area contributed by atoms with E-state index in [4.69, 9.17) is 10.00 Å². The van der Waals surface area contributed by atoms with Crippen LogP contribution in [-0.4, -0.2) is 20.2 Å². The van der Waals surface area contributed by atoms with Gasteiger partial charge in [0, 0.05) is 24.8 Å². The maximum Gasteiger partial charge on any atom is 0.138 e. The first-order valence-electron chi connectivity index (χ1n) is 6.18. The number of hydrogen-bond donors (Lipinski definition) is 0. The molecule has 1 aliphatic rings. The summed E-state index contributed by atoms with van der Waals surface area (Å²) in [4.78, 5) is 2.39. The molecule has 90 valence electrons. The molecule has 0 saturated carbocycles. The van der Waals surface area contributed by atoms with Crippen molar-refractivity contribution in [2.45, 2.75) is 25.7 Å². The highest BCUT2D eigenvalue weighted by Crippen LogP contribution is 2.26. The van der Waals surface area contributed by atoms with E-state index in [1.54, 1.807) is 7.11 Å². The second kappa shape index (κ2) is 5.58. The van der Waals surface area contributed by atoms with Crippen LogP contribution in [-0.2, 0) is 0 Å². The van der Waals surface area contributed by atoms with Gasteiger partial charge in [-0.2, -0.15) is 5.26 Å². The average Bonchev–Trinajstić information content (AvgIpc) is 2.66. The molecule has 1 aromatic rings. The van der Waals surface area contributed by atoms with Crippen molar-refractivity contribution in [2.75, 3.05) is 25.1 Å². The average molecular weight is 230 g/mol. The van der Waals surface area contributed by atoms with E-state index >= 15 is 0 Å². The summed E-state index contributed by atoms with van der Waals surface area (Å²) in [7, 11) is 1.61. The van der Waals surface area contributed by atoms with Crippen molar-refractivity contribution in [3.63, 3.8) is 0 Å². The van der Waals surface area contributed by atoms with E-state index in [9.17, 15) is 0 Å². The van der Waals surface area contributed by atoms with Crippen LogP contribution < -0.4 is 9.64 Å². The predicted molar refractivity (Wildman–Crippen MR) is 68.4 cm³/mol. The van der Waals surface area contributed by atoms with E-state index in [1.807, 2.05) is 18.2 Å². The Kier molecular flexibility index (Phi) is 3.87. The Labute approximate surface area is 103 Å². The van der Waals surface area contributed by atoms with Crippen LogP contribution in [0.5, 0.6) is 5.75 Å². The fourth-order valence-electron chi connectivity index (χ4n) is 2.30. The van der Waals surface area contributed by atoms with Crippen LogP contribution >= 0.6 is 0 Å². The van der Waals surface area contributed by atoms with Gasteiger partial charge >= 0.3 is 0 Å². The maximum absolute atomic E-state index is 8.95. The van der Waals surface area contributed by atoms with Crippen LogP contribution in [0.2, 0.25) is 0 Å². The van der Waals surface area contributed by atoms with Crippen LogP contribution in [0.25, 0.3) is 0 Å². The van der Waals surface area contributed by atoms with E-state index in [0.717, 1.165) is 13.1 Å². The third-order valence-electron chi connectivity index (χ3n) is 3.28. The van der Waals surface area contributed by atoms with Crippen molar-refractivity contribution >= 4 is 5.69 Å². The van der Waals surface area contributed by atoms with E-state index in [-0.39, 0.29) is 0 Å². The first kappa shape index (κ1) is 11.8. The lowest BCUT2D eigenvalue weighted by Gasteiger charge is -2.23. The highest BCUT2D eigenvalue weighted by atomic mass is 16.5. The minimum atomic E-state index is 0.603. The van der Waals surface area contributed by atoms with Gasteiger partial charge in [-0.15, -0.1) is 0 Å². The Morgan fingerprint density at radius 1 is 1.18 bits per heavy atom. The minimum Gasteiger partial charge on any atom is -0.495 e. The fourth-order valence-corrected chi connectivity index (χ4v) is 2.30. The molecule has 0 atom stereocenters. The number of methoxy groups -OCH3 is 1. The maximum atomic E-state index is 8.95. The van der Waals surface area contributed by atoms with Gasteiger partial charge in [0.25, 0.3) is 0 Å². The van der Waals surface area contributed by atoms with Crippen molar-refractivity contribution in [1.82, 2.24) is 0 Å². The summed E-state index contributed by atoms with van der Waals surface area (Å²) in [5.41, 5.74) is 1.77. The number of hydrogen-bond acceptors (Lipinski definition) is 3. The molecule has 0 radical (unpaired) electrons. The fraction of sp³-hybridized carbons (Fsp3) is 0.500. The lowest BCUT2D eigenvalue weighted by molar-refractivity contribution is 0.413. The standard InChI is InChI=1S/C14H18N2O/c1-17-14-10-13(7-6-12(14)11-15)16-8-4-2-3-5-9-16/h6-7,10H,2-5,8-9H2,1H3. The molecule has 1 heterocycles. The molecule has 0 unspecified atom stereocenters. The van der Waals surface area contributed by atoms with Crippen LogP contribution in [0.3, 0.4) is 0 Å². The van der Waals surface area contributed by atoms with Crippen LogP contribution in [0.1, 0.15) is 31.2 Å². The van der Waals surface area contributed by atoms with Crippen molar-refractivity contribution in [3.05, 3.63) is 23.8 Å². The Morgan fingerprint density at radius 3 is 2.47 bits per heavy atom. The quantitative estimate of drug-likeness (QED) is 0.783. The molecular formula is C14H18N2O. The summed E-state index contributed by atoms with van der Waals surface area (Å²) in [5.74, 6) is 0.675. The lowest BCUT2D eigenvalue weighted by Crippen LogP contribution is -2.23. The molecule has 1 aliphatic heterocycles. The molecular weight excluding hydrogens is 212 g/mol. The van der Waals surface area contributed by atoms with Crippen LogP contribution in [0, 0.1) is 11.3 Å². The number of rotatable bonds is 2. The first-order valence-corrected chi connectivity index (χ1v) is 6.18. The molecule has 1 saturated heterocycles. The molecule has 3 nitrogen and oxygen atoms in total. The summed E-state index contributed by atoms with van der Waals surface area (Å²) in [6.45, 7) is 2.21. The van der Waals surface area contributed by atoms with Gasteiger partial charge in [0.05, 0.1) is 12.7 Å². The second-order valence-corrected chi connectivity index (χ2v) is 4.40. The number of nitriles is 1. The molecule has 0 bridgehead atoms. The Bertz CT molecular complexity index is 415. The van der Waals surface area contributed by atoms with E-state index in [2.05, 4.69) is 11.0 Å². The molecule has 1 aromatic carbocycles. The molecule has 1 fully saturated rings. The normalized spacial score (nSPS) is 16.1. The largest absolute Gasteiger partial charge is 0.495 e. The first-order chi connectivity index (χ1) is 8.35. The Morgan fingerprint density at radius 2 is 1.88 bits per heavy atom. The van der Waals surface area contributed by atoms with Gasteiger partial charge < -0.3 is 9.64 Å². The molecule has 0 aliphatic carbocycles. The summed E-state index contributed by atoms with van der Waals surface area (Å²) in [5, 5.41) is 8.95. The molecule has 0 aromatic heterocycles.